The average Bonchev–Trinajstić information content (AvgIpc) is 3.58. The number of rotatable bonds is 3. The van der Waals surface area contributed by atoms with E-state index in [4.69, 9.17) is 9.40 Å². The van der Waals surface area contributed by atoms with Crippen molar-refractivity contribution < 1.29 is 4.42 Å². The van der Waals surface area contributed by atoms with Gasteiger partial charge in [-0.2, -0.15) is 0 Å². The molecule has 0 bridgehead atoms. The van der Waals surface area contributed by atoms with E-state index < -0.39 is 0 Å². The minimum Gasteiger partial charge on any atom is -0.455 e. The Morgan fingerprint density at radius 3 is 2.29 bits per heavy atom. The Hall–Kier alpha value is -5.22. The first-order chi connectivity index (χ1) is 18.8. The maximum Gasteiger partial charge on any atom is 0.143 e. The molecule has 4 aromatic heterocycles. The molecule has 8 rings (SSSR count). The van der Waals surface area contributed by atoms with Crippen molar-refractivity contribution in [2.24, 2.45) is 0 Å². The van der Waals surface area contributed by atoms with Gasteiger partial charge in [-0.3, -0.25) is 4.98 Å². The van der Waals surface area contributed by atoms with Crippen LogP contribution in [0.2, 0.25) is 0 Å². The molecule has 0 radical (unpaired) electrons. The zero-order valence-corrected chi connectivity index (χ0v) is 20.4. The molecule has 4 heteroatoms. The summed E-state index contributed by atoms with van der Waals surface area (Å²) in [4.78, 5) is 9.33. The number of benzene rings is 4. The van der Waals surface area contributed by atoms with Gasteiger partial charge in [0.05, 0.1) is 11.4 Å². The summed E-state index contributed by atoms with van der Waals surface area (Å²) in [5.41, 5.74) is 9.00. The lowest BCUT2D eigenvalue weighted by Gasteiger charge is -2.09. The minimum absolute atomic E-state index is 0.873. The molecule has 4 heterocycles. The summed E-state index contributed by atoms with van der Waals surface area (Å²) in [6, 6.07) is 37.8. The Labute approximate surface area is 218 Å². The highest BCUT2D eigenvalue weighted by Crippen LogP contribution is 2.42. The van der Waals surface area contributed by atoms with E-state index in [-0.39, 0.29) is 0 Å². The maximum absolute atomic E-state index is 6.56. The number of nitrogens with zero attached hydrogens (tertiary/aromatic N) is 3. The van der Waals surface area contributed by atoms with E-state index in [0.717, 1.165) is 61.2 Å². The molecule has 4 aromatic carbocycles. The first-order valence-corrected chi connectivity index (χ1v) is 12.7. The fourth-order valence-electron chi connectivity index (χ4n) is 5.43. The van der Waals surface area contributed by atoms with Crippen LogP contribution >= 0.6 is 0 Å². The van der Waals surface area contributed by atoms with Crippen LogP contribution in [-0.2, 0) is 0 Å². The van der Waals surface area contributed by atoms with Crippen molar-refractivity contribution >= 4 is 38.4 Å². The van der Waals surface area contributed by atoms with Gasteiger partial charge >= 0.3 is 0 Å². The summed E-state index contributed by atoms with van der Waals surface area (Å²) >= 11 is 0. The van der Waals surface area contributed by atoms with E-state index in [2.05, 4.69) is 84.0 Å². The molecule has 8 aromatic rings. The molecule has 0 saturated carbocycles. The Balaban J connectivity index is 1.33. The highest BCUT2D eigenvalue weighted by molar-refractivity contribution is 6.18. The zero-order valence-electron chi connectivity index (χ0n) is 20.4. The van der Waals surface area contributed by atoms with Gasteiger partial charge in [-0.15, -0.1) is 0 Å². The van der Waals surface area contributed by atoms with Gasteiger partial charge in [0.2, 0.25) is 0 Å². The Morgan fingerprint density at radius 2 is 1.42 bits per heavy atom. The van der Waals surface area contributed by atoms with Gasteiger partial charge in [-0.05, 0) is 64.9 Å². The minimum atomic E-state index is 0.873. The second-order valence-electron chi connectivity index (χ2n) is 9.55. The van der Waals surface area contributed by atoms with Gasteiger partial charge in [0, 0.05) is 46.1 Å². The second-order valence-corrected chi connectivity index (χ2v) is 9.55. The predicted octanol–water partition coefficient (Wildman–Crippen LogP) is 8.78. The van der Waals surface area contributed by atoms with Crippen LogP contribution in [-0.4, -0.2) is 14.4 Å². The highest BCUT2D eigenvalue weighted by atomic mass is 16.3. The summed E-state index contributed by atoms with van der Waals surface area (Å²) in [7, 11) is 0. The van der Waals surface area contributed by atoms with Crippen LogP contribution < -0.4 is 0 Å². The van der Waals surface area contributed by atoms with Gasteiger partial charge in [0.25, 0.3) is 0 Å². The lowest BCUT2D eigenvalue weighted by molar-refractivity contribution is 0.670. The van der Waals surface area contributed by atoms with Crippen LogP contribution in [0.5, 0.6) is 0 Å². The van der Waals surface area contributed by atoms with Crippen molar-refractivity contribution in [3.05, 3.63) is 128 Å². The van der Waals surface area contributed by atoms with E-state index in [0.29, 0.717) is 0 Å². The number of fused-ring (bicyclic) bond motifs is 5. The molecular weight excluding hydrogens is 466 g/mol. The van der Waals surface area contributed by atoms with Crippen LogP contribution in [0.4, 0.5) is 0 Å². The normalized spacial score (nSPS) is 11.7. The van der Waals surface area contributed by atoms with Gasteiger partial charge in [-0.1, -0.05) is 60.7 Å². The molecule has 0 aliphatic heterocycles. The van der Waals surface area contributed by atoms with Gasteiger partial charge in [0.1, 0.15) is 16.8 Å². The molecule has 178 valence electrons. The topological polar surface area (TPSA) is 43.3 Å². The molecule has 0 saturated heterocycles. The van der Waals surface area contributed by atoms with Crippen LogP contribution in [0.25, 0.3) is 72.0 Å². The monoisotopic (exact) mass is 487 g/mol. The number of pyridine rings is 2. The van der Waals surface area contributed by atoms with Crippen molar-refractivity contribution in [2.75, 3.05) is 0 Å². The largest absolute Gasteiger partial charge is 0.455 e. The van der Waals surface area contributed by atoms with Gasteiger partial charge in [-0.25, -0.2) is 4.98 Å². The maximum atomic E-state index is 6.56. The molecular formula is C34H21N3O. The first-order valence-electron chi connectivity index (χ1n) is 12.7. The van der Waals surface area contributed by atoms with E-state index >= 15 is 0 Å². The second kappa shape index (κ2) is 8.15. The van der Waals surface area contributed by atoms with Crippen molar-refractivity contribution in [2.45, 2.75) is 0 Å². The third-order valence-electron chi connectivity index (χ3n) is 7.28. The van der Waals surface area contributed by atoms with Crippen molar-refractivity contribution in [1.29, 1.82) is 0 Å². The van der Waals surface area contributed by atoms with E-state index in [1.165, 1.54) is 10.8 Å². The summed E-state index contributed by atoms with van der Waals surface area (Å²) < 4.78 is 8.60. The number of imidazole rings is 1. The highest BCUT2D eigenvalue weighted by Gasteiger charge is 2.17. The van der Waals surface area contributed by atoms with Crippen LogP contribution in [0.15, 0.2) is 132 Å². The Morgan fingerprint density at radius 1 is 0.605 bits per heavy atom. The van der Waals surface area contributed by atoms with Gasteiger partial charge in [0.15, 0.2) is 0 Å². The molecule has 38 heavy (non-hydrogen) atoms. The number of aromatic nitrogens is 3. The zero-order chi connectivity index (χ0) is 25.1. The third kappa shape index (κ3) is 3.24. The van der Waals surface area contributed by atoms with E-state index in [1.807, 2.05) is 53.2 Å². The summed E-state index contributed by atoms with van der Waals surface area (Å²) in [6.45, 7) is 0. The van der Waals surface area contributed by atoms with E-state index in [1.54, 1.807) is 0 Å². The van der Waals surface area contributed by atoms with Crippen LogP contribution in [0.3, 0.4) is 0 Å². The molecule has 0 unspecified atom stereocenters. The predicted molar refractivity (Wildman–Crippen MR) is 154 cm³/mol. The molecule has 0 amide bonds. The summed E-state index contributed by atoms with van der Waals surface area (Å²) in [5, 5.41) is 4.56. The smallest absolute Gasteiger partial charge is 0.143 e. The first kappa shape index (κ1) is 20.9. The number of hydrogen-bond acceptors (Lipinski definition) is 3. The quantitative estimate of drug-likeness (QED) is 0.250. The Bertz CT molecular complexity index is 2090. The fraction of sp³-hybridized carbons (Fsp3) is 0. The molecule has 0 aliphatic rings. The molecule has 0 atom stereocenters. The molecule has 0 fully saturated rings. The van der Waals surface area contributed by atoms with Gasteiger partial charge < -0.3 is 8.82 Å². The van der Waals surface area contributed by atoms with Crippen LogP contribution in [0, 0.1) is 0 Å². The number of furan rings is 1. The van der Waals surface area contributed by atoms with Crippen LogP contribution in [0.1, 0.15) is 0 Å². The molecule has 0 aliphatic carbocycles. The fourth-order valence-corrected chi connectivity index (χ4v) is 5.43. The van der Waals surface area contributed by atoms with Crippen molar-refractivity contribution in [1.82, 2.24) is 14.4 Å². The molecule has 0 N–H and O–H groups in total. The average molecular weight is 488 g/mol. The molecule has 4 nitrogen and oxygen atoms in total. The Kier molecular flexibility index (Phi) is 4.49. The lowest BCUT2D eigenvalue weighted by Crippen LogP contribution is -1.85. The summed E-state index contributed by atoms with van der Waals surface area (Å²) in [5.74, 6) is 0. The van der Waals surface area contributed by atoms with E-state index in [9.17, 15) is 0 Å². The molecule has 0 spiro atoms. The van der Waals surface area contributed by atoms with Crippen molar-refractivity contribution in [3.63, 3.8) is 0 Å². The summed E-state index contributed by atoms with van der Waals surface area (Å²) in [6.07, 6.45) is 5.92. The standard InChI is InChI=1S/C34H21N3O/c1-2-8-26-24(7-1)19-28-27-20-25(29-9-3-5-17-35-29)15-16-31(27)38-34(28)33(26)23-13-11-22(12-14-23)30-21-37-18-6-4-10-32(37)36-30/h1-21H. The SMILES string of the molecule is c1ccc(-c2ccc3oc4c(-c5ccc(-c6cn7ccccc7n6)cc5)c5ccccc5cc4c3c2)nc1. The van der Waals surface area contributed by atoms with Crippen molar-refractivity contribution in [3.8, 4) is 33.6 Å². The lowest BCUT2D eigenvalue weighted by atomic mass is 9.94. The number of hydrogen-bond donors (Lipinski definition) is 0. The third-order valence-corrected chi connectivity index (χ3v) is 7.28.